The van der Waals surface area contributed by atoms with Crippen LogP contribution < -0.4 is 11.1 Å². The van der Waals surface area contributed by atoms with Gasteiger partial charge in [0.05, 0.1) is 106 Å². The molecule has 0 aliphatic carbocycles. The molecule has 0 rings (SSSR count). The van der Waals surface area contributed by atoms with Gasteiger partial charge in [-0.25, -0.2) is 0 Å². The molecule has 0 unspecified atom stereocenters. The van der Waals surface area contributed by atoms with E-state index in [-0.39, 0.29) is 18.7 Å². The SMILES string of the molecule is NCCOCCOCCOCCOCCOCCOCCOCCOCCCNC(=O)CCC(=O)O. The number of nitrogens with one attached hydrogen (secondary N) is 1. The van der Waals surface area contributed by atoms with Crippen molar-refractivity contribution in [3.63, 3.8) is 0 Å². The van der Waals surface area contributed by atoms with Crippen LogP contribution in [-0.4, -0.2) is 136 Å². The van der Waals surface area contributed by atoms with E-state index in [1.807, 2.05) is 0 Å². The van der Waals surface area contributed by atoms with Crippen molar-refractivity contribution in [3.8, 4) is 0 Å². The second-order valence-corrected chi connectivity index (χ2v) is 7.28. The van der Waals surface area contributed by atoms with Crippen molar-refractivity contribution in [2.75, 3.05) is 119 Å². The summed E-state index contributed by atoms with van der Waals surface area (Å²) in [6, 6.07) is 0. The molecule has 4 N–H and O–H groups in total. The molecule has 13 heteroatoms. The number of hydrogen-bond donors (Lipinski definition) is 3. The van der Waals surface area contributed by atoms with E-state index in [1.54, 1.807) is 0 Å². The maximum atomic E-state index is 11.3. The van der Waals surface area contributed by atoms with Gasteiger partial charge < -0.3 is 54.1 Å². The maximum absolute atomic E-state index is 11.3. The Kier molecular flexibility index (Phi) is 28.6. The summed E-state index contributed by atoms with van der Waals surface area (Å²) in [7, 11) is 0. The predicted octanol–water partition coefficient (Wildman–Crippen LogP) is -0.551. The van der Waals surface area contributed by atoms with Gasteiger partial charge in [0.1, 0.15) is 0 Å². The molecule has 0 saturated carbocycles. The van der Waals surface area contributed by atoms with Crippen molar-refractivity contribution in [2.45, 2.75) is 19.3 Å². The van der Waals surface area contributed by atoms with E-state index in [0.29, 0.717) is 125 Å². The summed E-state index contributed by atoms with van der Waals surface area (Å²) in [5.74, 6) is -1.24. The van der Waals surface area contributed by atoms with E-state index in [1.165, 1.54) is 0 Å². The van der Waals surface area contributed by atoms with Gasteiger partial charge in [0, 0.05) is 26.1 Å². The summed E-state index contributed by atoms with van der Waals surface area (Å²) in [6.07, 6.45) is 0.491. The van der Waals surface area contributed by atoms with Gasteiger partial charge in [0.15, 0.2) is 0 Å². The van der Waals surface area contributed by atoms with Gasteiger partial charge in [-0.15, -0.1) is 0 Å². The fourth-order valence-electron chi connectivity index (χ4n) is 2.44. The van der Waals surface area contributed by atoms with Gasteiger partial charge in [-0.3, -0.25) is 9.59 Å². The fraction of sp³-hybridized carbons (Fsp3) is 0.913. The van der Waals surface area contributed by atoms with Gasteiger partial charge >= 0.3 is 5.97 Å². The molecule has 0 aromatic carbocycles. The Labute approximate surface area is 214 Å². The third-order valence-electron chi connectivity index (χ3n) is 4.22. The lowest BCUT2D eigenvalue weighted by Gasteiger charge is -2.09. The summed E-state index contributed by atoms with van der Waals surface area (Å²) in [5.41, 5.74) is 5.31. The minimum absolute atomic E-state index is 0.00590. The molecule has 0 spiro atoms. The van der Waals surface area contributed by atoms with Crippen LogP contribution in [0, 0.1) is 0 Å². The summed E-state index contributed by atoms with van der Waals surface area (Å²) in [4.78, 5) is 21.7. The zero-order chi connectivity index (χ0) is 26.4. The molecule has 0 bridgehead atoms. The Morgan fingerprint density at radius 2 is 0.861 bits per heavy atom. The highest BCUT2D eigenvalue weighted by Gasteiger charge is 2.04. The largest absolute Gasteiger partial charge is 0.481 e. The van der Waals surface area contributed by atoms with Gasteiger partial charge in [-0.1, -0.05) is 0 Å². The van der Waals surface area contributed by atoms with Gasteiger partial charge in [-0.2, -0.15) is 0 Å². The summed E-state index contributed by atoms with van der Waals surface area (Å²) < 4.78 is 43.0. The highest BCUT2D eigenvalue weighted by molar-refractivity contribution is 5.80. The van der Waals surface area contributed by atoms with E-state index in [4.69, 9.17) is 48.7 Å². The van der Waals surface area contributed by atoms with E-state index in [2.05, 4.69) is 5.32 Å². The molecule has 0 aromatic rings. The van der Waals surface area contributed by atoms with Crippen LogP contribution in [0.3, 0.4) is 0 Å². The average Bonchev–Trinajstić information content (AvgIpc) is 2.87. The van der Waals surface area contributed by atoms with Crippen LogP contribution in [0.15, 0.2) is 0 Å². The molecule has 0 radical (unpaired) electrons. The lowest BCUT2D eigenvalue weighted by Crippen LogP contribution is -2.25. The van der Waals surface area contributed by atoms with Gasteiger partial charge in [0.2, 0.25) is 5.91 Å². The van der Waals surface area contributed by atoms with Crippen molar-refractivity contribution in [1.29, 1.82) is 0 Å². The summed E-state index contributed by atoms with van der Waals surface area (Å²) in [5, 5.41) is 11.1. The van der Waals surface area contributed by atoms with E-state index in [0.717, 1.165) is 0 Å². The third-order valence-corrected chi connectivity index (χ3v) is 4.22. The lowest BCUT2D eigenvalue weighted by atomic mass is 10.3. The fourth-order valence-corrected chi connectivity index (χ4v) is 2.44. The first kappa shape index (κ1) is 34.6. The summed E-state index contributed by atoms with van der Waals surface area (Å²) in [6.45, 7) is 8.99. The number of rotatable bonds is 30. The molecule has 36 heavy (non-hydrogen) atoms. The number of carboxylic acid groups (broad SMARTS) is 1. The second-order valence-electron chi connectivity index (χ2n) is 7.28. The van der Waals surface area contributed by atoms with Crippen LogP contribution in [-0.2, 0) is 47.5 Å². The van der Waals surface area contributed by atoms with Gasteiger partial charge in [0.25, 0.3) is 0 Å². The van der Waals surface area contributed by atoms with Crippen molar-refractivity contribution in [2.24, 2.45) is 5.73 Å². The molecule has 214 valence electrons. The molecule has 0 saturated heterocycles. The first-order valence-electron chi connectivity index (χ1n) is 12.5. The highest BCUT2D eigenvalue weighted by atomic mass is 16.6. The second kappa shape index (κ2) is 29.8. The van der Waals surface area contributed by atoms with Crippen LogP contribution >= 0.6 is 0 Å². The monoisotopic (exact) mass is 526 g/mol. The Morgan fingerprint density at radius 1 is 0.528 bits per heavy atom. The van der Waals surface area contributed by atoms with Crippen molar-refractivity contribution in [3.05, 3.63) is 0 Å². The molecular formula is C23H46N2O11. The van der Waals surface area contributed by atoms with Gasteiger partial charge in [-0.05, 0) is 6.42 Å². The number of ether oxygens (including phenoxy) is 8. The Balaban J connectivity index is 3.07. The Morgan fingerprint density at radius 3 is 1.19 bits per heavy atom. The van der Waals surface area contributed by atoms with Crippen LogP contribution in [0.25, 0.3) is 0 Å². The van der Waals surface area contributed by atoms with Crippen LogP contribution in [0.2, 0.25) is 0 Å². The van der Waals surface area contributed by atoms with E-state index in [9.17, 15) is 9.59 Å². The van der Waals surface area contributed by atoms with Crippen LogP contribution in [0.1, 0.15) is 19.3 Å². The number of carbonyl (C=O) groups excluding carboxylic acids is 1. The van der Waals surface area contributed by atoms with Crippen LogP contribution in [0.5, 0.6) is 0 Å². The third kappa shape index (κ3) is 30.6. The molecule has 1 amide bonds. The first-order chi connectivity index (χ1) is 17.7. The molecule has 0 aliphatic heterocycles. The van der Waals surface area contributed by atoms with Crippen molar-refractivity contribution in [1.82, 2.24) is 5.32 Å². The smallest absolute Gasteiger partial charge is 0.303 e. The maximum Gasteiger partial charge on any atom is 0.303 e. The highest BCUT2D eigenvalue weighted by Crippen LogP contribution is 1.90. The minimum atomic E-state index is -0.980. The molecule has 0 heterocycles. The number of carboxylic acids is 1. The quantitative estimate of drug-likeness (QED) is 0.102. The number of aliphatic carboxylic acids is 1. The van der Waals surface area contributed by atoms with E-state index >= 15 is 0 Å². The minimum Gasteiger partial charge on any atom is -0.481 e. The molecule has 13 nitrogen and oxygen atoms in total. The first-order valence-corrected chi connectivity index (χ1v) is 12.5. The topological polar surface area (TPSA) is 166 Å². The van der Waals surface area contributed by atoms with E-state index < -0.39 is 5.97 Å². The molecule has 0 fully saturated rings. The number of carbonyl (C=O) groups is 2. The predicted molar refractivity (Wildman–Crippen MR) is 130 cm³/mol. The number of nitrogens with two attached hydrogens (primary N) is 1. The zero-order valence-corrected chi connectivity index (χ0v) is 21.5. The zero-order valence-electron chi connectivity index (χ0n) is 21.5. The lowest BCUT2D eigenvalue weighted by molar-refractivity contribution is -0.138. The normalized spacial score (nSPS) is 11.1. The van der Waals surface area contributed by atoms with Crippen molar-refractivity contribution >= 4 is 11.9 Å². The molecule has 0 atom stereocenters. The van der Waals surface area contributed by atoms with Crippen molar-refractivity contribution < 1.29 is 52.6 Å². The molecule has 0 aliphatic rings. The Hall–Kier alpha value is -1.42. The number of hydrogen-bond acceptors (Lipinski definition) is 11. The molecular weight excluding hydrogens is 480 g/mol. The average molecular weight is 527 g/mol. The Bertz CT molecular complexity index is 487. The molecule has 0 aromatic heterocycles. The summed E-state index contributed by atoms with van der Waals surface area (Å²) >= 11 is 0. The standard InChI is InChI=1S/C23H46N2O11/c24-4-7-30-9-11-32-13-15-34-17-19-36-21-20-35-18-16-33-14-12-31-10-8-29-6-1-5-25-22(26)2-3-23(27)28/h1-21,24H2,(H,25,26)(H,27,28). The number of amides is 1. The van der Waals surface area contributed by atoms with Crippen LogP contribution in [0.4, 0.5) is 0 Å².